The zero-order valence-corrected chi connectivity index (χ0v) is 19.4. The number of benzene rings is 3. The maximum atomic E-state index is 13.3. The molecular weight excluding hydrogens is 446 g/mol. The van der Waals surface area contributed by atoms with Crippen LogP contribution in [-0.2, 0) is 22.6 Å². The van der Waals surface area contributed by atoms with Gasteiger partial charge in [-0.2, -0.15) is 0 Å². The van der Waals surface area contributed by atoms with E-state index in [0.717, 1.165) is 16.9 Å². The number of phenols is 1. The highest BCUT2D eigenvalue weighted by atomic mass is 16.5. The van der Waals surface area contributed by atoms with Crippen LogP contribution in [0.1, 0.15) is 35.2 Å². The van der Waals surface area contributed by atoms with Crippen molar-refractivity contribution >= 4 is 17.4 Å². The Balaban J connectivity index is 1.65. The molecule has 1 fully saturated rings. The van der Waals surface area contributed by atoms with Gasteiger partial charge in [0.2, 0.25) is 0 Å². The molecule has 3 aromatic rings. The quantitative estimate of drug-likeness (QED) is 0.326. The number of carbonyl (C=O) groups excluding carboxylic acids is 2. The van der Waals surface area contributed by atoms with Crippen molar-refractivity contribution in [1.82, 2.24) is 4.90 Å². The number of nitrogens with zero attached hydrogens (tertiary/aromatic N) is 1. The van der Waals surface area contributed by atoms with Crippen LogP contribution in [-0.4, -0.2) is 40.0 Å². The van der Waals surface area contributed by atoms with Crippen LogP contribution in [0.4, 0.5) is 0 Å². The van der Waals surface area contributed by atoms with Crippen LogP contribution in [0, 0.1) is 0 Å². The lowest BCUT2D eigenvalue weighted by Crippen LogP contribution is -2.29. The van der Waals surface area contributed by atoms with Gasteiger partial charge >= 0.3 is 0 Å². The van der Waals surface area contributed by atoms with Gasteiger partial charge in [0.15, 0.2) is 11.5 Å². The van der Waals surface area contributed by atoms with Crippen molar-refractivity contribution in [3.63, 3.8) is 0 Å². The Bertz CT molecular complexity index is 1350. The van der Waals surface area contributed by atoms with Crippen LogP contribution < -0.4 is 9.47 Å². The smallest absolute Gasteiger partial charge is 0.295 e. The fraction of sp³-hybridized carbons (Fsp3) is 0.214. The summed E-state index contributed by atoms with van der Waals surface area (Å²) >= 11 is 0. The molecule has 0 unspecified atom stereocenters. The third kappa shape index (κ3) is 3.99. The maximum absolute atomic E-state index is 13.3. The molecule has 0 spiro atoms. The van der Waals surface area contributed by atoms with Gasteiger partial charge < -0.3 is 24.6 Å². The molecule has 1 saturated heterocycles. The molecule has 3 aromatic carbocycles. The molecule has 0 aromatic heterocycles. The third-order valence-electron chi connectivity index (χ3n) is 6.42. The van der Waals surface area contributed by atoms with Crippen molar-refractivity contribution in [1.29, 1.82) is 0 Å². The lowest BCUT2D eigenvalue weighted by Gasteiger charge is -2.26. The molecule has 5 rings (SSSR count). The van der Waals surface area contributed by atoms with Gasteiger partial charge in [-0.3, -0.25) is 9.59 Å². The van der Waals surface area contributed by atoms with Crippen LogP contribution in [0.15, 0.2) is 72.3 Å². The number of aliphatic hydroxyl groups excluding tert-OH is 1. The van der Waals surface area contributed by atoms with Gasteiger partial charge in [0.1, 0.15) is 17.6 Å². The number of fused-ring (bicyclic) bond motifs is 1. The van der Waals surface area contributed by atoms with E-state index in [1.54, 1.807) is 30.3 Å². The predicted molar refractivity (Wildman–Crippen MR) is 129 cm³/mol. The Morgan fingerprint density at radius 1 is 1.09 bits per heavy atom. The summed E-state index contributed by atoms with van der Waals surface area (Å²) in [7, 11) is 1.42. The minimum Gasteiger partial charge on any atom is -0.507 e. The van der Waals surface area contributed by atoms with Gasteiger partial charge in [-0.25, -0.2) is 0 Å². The molecule has 0 bridgehead atoms. The summed E-state index contributed by atoms with van der Waals surface area (Å²) in [5, 5.41) is 21.5. The third-order valence-corrected chi connectivity index (χ3v) is 6.42. The van der Waals surface area contributed by atoms with E-state index >= 15 is 0 Å². The van der Waals surface area contributed by atoms with Gasteiger partial charge in [-0.15, -0.1) is 0 Å². The molecular formula is C28H25NO6. The summed E-state index contributed by atoms with van der Waals surface area (Å²) in [6, 6.07) is 18.4. The Hall–Kier alpha value is -4.26. The van der Waals surface area contributed by atoms with E-state index in [9.17, 15) is 19.8 Å². The standard InChI is InChI=1S/C28H25NO6/c1-16-12-20-13-19(9-11-22(20)35-16)26(31)24-25(18-8-10-21(30)23(14-18)34-2)29(28(33)27(24)32)15-17-6-4-3-5-7-17/h3-11,13-14,16,25,30-31H,12,15H2,1-2H3/t16-,25+/m1/s1. The molecule has 0 saturated carbocycles. The lowest BCUT2D eigenvalue weighted by molar-refractivity contribution is -0.140. The second kappa shape index (κ2) is 8.83. The number of methoxy groups -OCH3 is 1. The van der Waals surface area contributed by atoms with Crippen molar-refractivity contribution in [3.8, 4) is 17.2 Å². The summed E-state index contributed by atoms with van der Waals surface area (Å²) in [5.41, 5.74) is 2.74. The number of ketones is 1. The Labute approximate surface area is 202 Å². The summed E-state index contributed by atoms with van der Waals surface area (Å²) in [6.07, 6.45) is 0.723. The van der Waals surface area contributed by atoms with E-state index in [4.69, 9.17) is 9.47 Å². The Morgan fingerprint density at radius 3 is 2.60 bits per heavy atom. The van der Waals surface area contributed by atoms with Crippen molar-refractivity contribution in [3.05, 3.63) is 94.6 Å². The summed E-state index contributed by atoms with van der Waals surface area (Å²) in [4.78, 5) is 28.0. The average molecular weight is 472 g/mol. The SMILES string of the molecule is COc1cc([C@H]2C(=C(O)c3ccc4c(c3)C[C@@H](C)O4)C(=O)C(=O)N2Cc2ccccc2)ccc1O. The number of aromatic hydroxyl groups is 1. The molecule has 2 aliphatic heterocycles. The highest BCUT2D eigenvalue weighted by molar-refractivity contribution is 6.46. The van der Waals surface area contributed by atoms with Crippen LogP contribution in [0.25, 0.3) is 5.76 Å². The summed E-state index contributed by atoms with van der Waals surface area (Å²) in [6.45, 7) is 2.14. The number of likely N-dealkylation sites (tertiary alicyclic amines) is 1. The minimum absolute atomic E-state index is 0.00872. The average Bonchev–Trinajstić information content (AvgIpc) is 3.35. The second-order valence-electron chi connectivity index (χ2n) is 8.80. The lowest BCUT2D eigenvalue weighted by atomic mass is 9.94. The largest absolute Gasteiger partial charge is 0.507 e. The van der Waals surface area contributed by atoms with E-state index in [2.05, 4.69) is 0 Å². The van der Waals surface area contributed by atoms with E-state index in [0.29, 0.717) is 17.5 Å². The molecule has 178 valence electrons. The van der Waals surface area contributed by atoms with E-state index in [1.807, 2.05) is 37.3 Å². The zero-order valence-electron chi connectivity index (χ0n) is 19.4. The van der Waals surface area contributed by atoms with Crippen molar-refractivity contribution < 1.29 is 29.3 Å². The van der Waals surface area contributed by atoms with Crippen molar-refractivity contribution in [2.24, 2.45) is 0 Å². The van der Waals surface area contributed by atoms with Crippen LogP contribution >= 0.6 is 0 Å². The monoisotopic (exact) mass is 471 g/mol. The van der Waals surface area contributed by atoms with E-state index in [1.165, 1.54) is 18.1 Å². The van der Waals surface area contributed by atoms with Crippen LogP contribution in [0.3, 0.4) is 0 Å². The summed E-state index contributed by atoms with van der Waals surface area (Å²) < 4.78 is 11.0. The topological polar surface area (TPSA) is 96.3 Å². The molecule has 2 aliphatic rings. The molecule has 2 N–H and O–H groups in total. The number of Topliss-reactive ketones (excluding diaryl/α,β-unsaturated/α-hetero) is 1. The van der Waals surface area contributed by atoms with Gasteiger partial charge in [0, 0.05) is 18.5 Å². The first-order chi connectivity index (χ1) is 16.9. The number of carbonyl (C=O) groups is 2. The summed E-state index contributed by atoms with van der Waals surface area (Å²) in [5.74, 6) is -0.830. The fourth-order valence-corrected chi connectivity index (χ4v) is 4.76. The number of phenolic OH excluding ortho intramolecular Hbond substituents is 1. The Kier molecular flexibility index (Phi) is 5.68. The molecule has 7 nitrogen and oxygen atoms in total. The number of ether oxygens (including phenoxy) is 2. The number of hydrogen-bond acceptors (Lipinski definition) is 6. The molecule has 0 radical (unpaired) electrons. The van der Waals surface area contributed by atoms with Gasteiger partial charge in [0.05, 0.1) is 18.7 Å². The molecule has 35 heavy (non-hydrogen) atoms. The van der Waals surface area contributed by atoms with Crippen molar-refractivity contribution in [2.45, 2.75) is 32.0 Å². The number of aliphatic hydroxyl groups is 1. The molecule has 1 amide bonds. The molecule has 0 aliphatic carbocycles. The van der Waals surface area contributed by atoms with E-state index < -0.39 is 17.7 Å². The second-order valence-corrected chi connectivity index (χ2v) is 8.80. The number of hydrogen-bond donors (Lipinski definition) is 2. The molecule has 7 heteroatoms. The van der Waals surface area contributed by atoms with Crippen LogP contribution in [0.5, 0.6) is 17.2 Å². The number of rotatable bonds is 5. The van der Waals surface area contributed by atoms with Gasteiger partial charge in [0.25, 0.3) is 11.7 Å². The Morgan fingerprint density at radius 2 is 1.86 bits per heavy atom. The first-order valence-corrected chi connectivity index (χ1v) is 11.4. The minimum atomic E-state index is -0.867. The predicted octanol–water partition coefficient (Wildman–Crippen LogP) is 4.35. The van der Waals surface area contributed by atoms with Crippen LogP contribution in [0.2, 0.25) is 0 Å². The highest BCUT2D eigenvalue weighted by Crippen LogP contribution is 2.43. The fourth-order valence-electron chi connectivity index (χ4n) is 4.76. The van der Waals surface area contributed by atoms with Gasteiger partial charge in [-0.1, -0.05) is 36.4 Å². The zero-order chi connectivity index (χ0) is 24.7. The highest BCUT2D eigenvalue weighted by Gasteiger charge is 2.46. The van der Waals surface area contributed by atoms with E-state index in [-0.39, 0.29) is 35.5 Å². The number of amides is 1. The first-order valence-electron chi connectivity index (χ1n) is 11.4. The maximum Gasteiger partial charge on any atom is 0.295 e. The first kappa shape index (κ1) is 22.5. The normalized spacial score (nSPS) is 20.6. The van der Waals surface area contributed by atoms with Crippen molar-refractivity contribution in [2.75, 3.05) is 7.11 Å². The molecule has 2 heterocycles. The molecule has 2 atom stereocenters. The van der Waals surface area contributed by atoms with Gasteiger partial charge in [-0.05, 0) is 53.9 Å².